The van der Waals surface area contributed by atoms with E-state index in [1.54, 1.807) is 12.3 Å². The second kappa shape index (κ2) is 4.62. The molecule has 17 heavy (non-hydrogen) atoms. The molecular formula is C13H18N4. The normalized spacial score (nSPS) is 14.7. The summed E-state index contributed by atoms with van der Waals surface area (Å²) >= 11 is 0. The highest BCUT2D eigenvalue weighted by Crippen LogP contribution is 2.34. The van der Waals surface area contributed by atoms with Crippen LogP contribution in [0.25, 0.3) is 0 Å². The number of aromatic nitrogens is 1. The number of rotatable bonds is 4. The lowest BCUT2D eigenvalue weighted by molar-refractivity contribution is 0.603. The highest BCUT2D eigenvalue weighted by atomic mass is 15.2. The monoisotopic (exact) mass is 230 g/mol. The second-order valence-electron chi connectivity index (χ2n) is 4.98. The fourth-order valence-electron chi connectivity index (χ4n) is 1.98. The van der Waals surface area contributed by atoms with Gasteiger partial charge in [0.05, 0.1) is 11.3 Å². The lowest BCUT2D eigenvalue weighted by atomic mass is 10.1. The van der Waals surface area contributed by atoms with Crippen molar-refractivity contribution in [2.45, 2.75) is 32.7 Å². The van der Waals surface area contributed by atoms with Gasteiger partial charge < -0.3 is 10.6 Å². The molecule has 1 aliphatic carbocycles. The van der Waals surface area contributed by atoms with Gasteiger partial charge in [-0.15, -0.1) is 0 Å². The van der Waals surface area contributed by atoms with Crippen LogP contribution in [0, 0.1) is 17.2 Å². The van der Waals surface area contributed by atoms with Gasteiger partial charge in [0.15, 0.2) is 5.82 Å². The summed E-state index contributed by atoms with van der Waals surface area (Å²) in [7, 11) is 0. The zero-order valence-electron chi connectivity index (χ0n) is 10.3. The van der Waals surface area contributed by atoms with Crippen molar-refractivity contribution in [2.24, 2.45) is 5.92 Å². The third-order valence-electron chi connectivity index (χ3n) is 2.91. The van der Waals surface area contributed by atoms with E-state index in [1.165, 1.54) is 12.8 Å². The van der Waals surface area contributed by atoms with E-state index in [2.05, 4.69) is 29.8 Å². The van der Waals surface area contributed by atoms with Crippen LogP contribution in [0.1, 0.15) is 32.3 Å². The average molecular weight is 230 g/mol. The number of pyridine rings is 1. The molecular weight excluding hydrogens is 212 g/mol. The van der Waals surface area contributed by atoms with Gasteiger partial charge in [-0.05, 0) is 24.8 Å². The lowest BCUT2D eigenvalue weighted by Gasteiger charge is -2.26. The minimum atomic E-state index is 0.516. The van der Waals surface area contributed by atoms with Crippen molar-refractivity contribution in [1.82, 2.24) is 4.98 Å². The summed E-state index contributed by atoms with van der Waals surface area (Å²) in [6, 6.07) is 4.33. The van der Waals surface area contributed by atoms with Crippen LogP contribution in [-0.4, -0.2) is 17.6 Å². The summed E-state index contributed by atoms with van der Waals surface area (Å²) in [5.41, 5.74) is 7.04. The van der Waals surface area contributed by atoms with Crippen LogP contribution < -0.4 is 10.6 Å². The maximum Gasteiger partial charge on any atom is 0.153 e. The van der Waals surface area contributed by atoms with Crippen LogP contribution >= 0.6 is 0 Å². The van der Waals surface area contributed by atoms with E-state index in [-0.39, 0.29) is 0 Å². The molecule has 2 N–H and O–H groups in total. The first-order valence-electron chi connectivity index (χ1n) is 6.04. The van der Waals surface area contributed by atoms with E-state index >= 15 is 0 Å². The second-order valence-corrected chi connectivity index (χ2v) is 4.98. The summed E-state index contributed by atoms with van der Waals surface area (Å²) < 4.78 is 0. The summed E-state index contributed by atoms with van der Waals surface area (Å²) in [6.45, 7) is 5.30. The van der Waals surface area contributed by atoms with Crippen LogP contribution in [0.2, 0.25) is 0 Å². The zero-order chi connectivity index (χ0) is 12.4. The quantitative estimate of drug-likeness (QED) is 0.860. The Labute approximate surface area is 102 Å². The third-order valence-corrected chi connectivity index (χ3v) is 2.91. The third kappa shape index (κ3) is 2.50. The van der Waals surface area contributed by atoms with E-state index in [0.717, 1.165) is 12.4 Å². The molecule has 1 saturated carbocycles. The maximum atomic E-state index is 8.98. The molecule has 0 saturated heterocycles. The van der Waals surface area contributed by atoms with Gasteiger partial charge in [0, 0.05) is 18.8 Å². The van der Waals surface area contributed by atoms with Crippen LogP contribution in [0.5, 0.6) is 0 Å². The Morgan fingerprint density at radius 2 is 2.29 bits per heavy atom. The van der Waals surface area contributed by atoms with E-state index in [4.69, 9.17) is 11.0 Å². The van der Waals surface area contributed by atoms with Crippen molar-refractivity contribution in [3.63, 3.8) is 0 Å². The molecule has 2 rings (SSSR count). The Hall–Kier alpha value is -1.76. The minimum absolute atomic E-state index is 0.516. The van der Waals surface area contributed by atoms with Crippen molar-refractivity contribution in [3.05, 3.63) is 17.8 Å². The molecule has 0 bridgehead atoms. The van der Waals surface area contributed by atoms with Crippen LogP contribution in [-0.2, 0) is 0 Å². The van der Waals surface area contributed by atoms with Gasteiger partial charge in [0.25, 0.3) is 0 Å². The predicted molar refractivity (Wildman–Crippen MR) is 68.6 cm³/mol. The molecule has 0 unspecified atom stereocenters. The first-order valence-corrected chi connectivity index (χ1v) is 6.04. The van der Waals surface area contributed by atoms with Gasteiger partial charge in [-0.25, -0.2) is 4.98 Å². The predicted octanol–water partition coefficient (Wildman–Crippen LogP) is 2.16. The number of nitrogen functional groups attached to an aromatic ring is 1. The molecule has 4 heteroatoms. The SMILES string of the molecule is CC(C)CN(c1nccc(C#N)c1N)C1CC1. The van der Waals surface area contributed by atoms with Crippen molar-refractivity contribution < 1.29 is 0 Å². The lowest BCUT2D eigenvalue weighted by Crippen LogP contribution is -2.31. The Morgan fingerprint density at radius 1 is 1.59 bits per heavy atom. The van der Waals surface area contributed by atoms with Gasteiger partial charge in [0.1, 0.15) is 6.07 Å². The van der Waals surface area contributed by atoms with E-state index in [9.17, 15) is 0 Å². The smallest absolute Gasteiger partial charge is 0.153 e. The molecule has 90 valence electrons. The fraction of sp³-hybridized carbons (Fsp3) is 0.538. The highest BCUT2D eigenvalue weighted by molar-refractivity contribution is 5.70. The Morgan fingerprint density at radius 3 is 2.82 bits per heavy atom. The zero-order valence-corrected chi connectivity index (χ0v) is 10.3. The van der Waals surface area contributed by atoms with E-state index < -0.39 is 0 Å². The summed E-state index contributed by atoms with van der Waals surface area (Å²) in [4.78, 5) is 6.60. The average Bonchev–Trinajstić information content (AvgIpc) is 3.10. The Kier molecular flexibility index (Phi) is 3.19. The van der Waals surface area contributed by atoms with Gasteiger partial charge in [-0.2, -0.15) is 5.26 Å². The minimum Gasteiger partial charge on any atom is -0.395 e. The first kappa shape index (κ1) is 11.7. The topological polar surface area (TPSA) is 65.9 Å². The maximum absolute atomic E-state index is 8.98. The van der Waals surface area contributed by atoms with Gasteiger partial charge >= 0.3 is 0 Å². The number of hydrogen-bond acceptors (Lipinski definition) is 4. The largest absolute Gasteiger partial charge is 0.395 e. The summed E-state index contributed by atoms with van der Waals surface area (Å²) in [5, 5.41) is 8.98. The molecule has 1 heterocycles. The number of nitriles is 1. The molecule has 0 amide bonds. The molecule has 1 aliphatic rings. The van der Waals surface area contributed by atoms with Gasteiger partial charge in [-0.1, -0.05) is 13.8 Å². The molecule has 0 radical (unpaired) electrons. The molecule has 1 fully saturated rings. The molecule has 0 atom stereocenters. The van der Waals surface area contributed by atoms with E-state index in [0.29, 0.717) is 23.2 Å². The number of nitrogens with zero attached hydrogens (tertiary/aromatic N) is 3. The molecule has 0 spiro atoms. The van der Waals surface area contributed by atoms with Crippen LogP contribution in [0.3, 0.4) is 0 Å². The molecule has 4 nitrogen and oxygen atoms in total. The van der Waals surface area contributed by atoms with Crippen molar-refractivity contribution in [3.8, 4) is 6.07 Å². The first-order chi connectivity index (χ1) is 8.13. The van der Waals surface area contributed by atoms with Crippen LogP contribution in [0.4, 0.5) is 11.5 Å². The van der Waals surface area contributed by atoms with E-state index in [1.807, 2.05) is 0 Å². The Balaban J connectivity index is 2.33. The summed E-state index contributed by atoms with van der Waals surface area (Å²) in [5.74, 6) is 1.34. The van der Waals surface area contributed by atoms with Crippen LogP contribution in [0.15, 0.2) is 12.3 Å². The van der Waals surface area contributed by atoms with Gasteiger partial charge in [-0.3, -0.25) is 0 Å². The number of hydrogen-bond donors (Lipinski definition) is 1. The van der Waals surface area contributed by atoms with Crippen molar-refractivity contribution >= 4 is 11.5 Å². The summed E-state index contributed by atoms with van der Waals surface area (Å²) in [6.07, 6.45) is 4.06. The standard InChI is InChI=1S/C13H18N4/c1-9(2)8-17(11-3-4-11)13-12(15)10(7-14)5-6-16-13/h5-6,9,11H,3-4,8,15H2,1-2H3. The number of anilines is 2. The van der Waals surface area contributed by atoms with Crippen molar-refractivity contribution in [2.75, 3.05) is 17.2 Å². The molecule has 1 aromatic rings. The number of nitrogens with two attached hydrogens (primary N) is 1. The van der Waals surface area contributed by atoms with Gasteiger partial charge in [0.2, 0.25) is 0 Å². The molecule has 0 aliphatic heterocycles. The Bertz CT molecular complexity index is 443. The highest BCUT2D eigenvalue weighted by Gasteiger charge is 2.31. The fourth-order valence-corrected chi connectivity index (χ4v) is 1.98. The molecule has 1 aromatic heterocycles. The van der Waals surface area contributed by atoms with Crippen molar-refractivity contribution in [1.29, 1.82) is 5.26 Å². The molecule has 0 aromatic carbocycles.